The van der Waals surface area contributed by atoms with Crippen LogP contribution in [0.1, 0.15) is 11.3 Å². The van der Waals surface area contributed by atoms with Gasteiger partial charge in [0.05, 0.1) is 16.8 Å². The number of para-hydroxylation sites is 1. The van der Waals surface area contributed by atoms with Crippen LogP contribution in [0.4, 0.5) is 10.9 Å². The molecule has 100 valence electrons. The van der Waals surface area contributed by atoms with Gasteiger partial charge in [0.1, 0.15) is 10.8 Å². The summed E-state index contributed by atoms with van der Waals surface area (Å²) >= 11 is 6.64. The highest BCUT2D eigenvalue weighted by Crippen LogP contribution is 2.25. The van der Waals surface area contributed by atoms with Crippen LogP contribution in [-0.4, -0.2) is 15.0 Å². The van der Waals surface area contributed by atoms with Crippen LogP contribution in [0.2, 0.25) is 0 Å². The second-order valence-electron chi connectivity index (χ2n) is 4.36. The molecule has 0 bridgehead atoms. The number of hydrogen-bond acceptors (Lipinski definition) is 5. The number of thiocarbonyl (C=S) groups is 1. The van der Waals surface area contributed by atoms with Crippen LogP contribution in [0.3, 0.4) is 0 Å². The van der Waals surface area contributed by atoms with E-state index < -0.39 is 0 Å². The van der Waals surface area contributed by atoms with E-state index >= 15 is 0 Å². The molecule has 2 heterocycles. The highest BCUT2D eigenvalue weighted by atomic mass is 32.1. The molecule has 0 amide bonds. The van der Waals surface area contributed by atoms with E-state index in [-0.39, 0.29) is 0 Å². The number of aryl methyl sites for hydroxylation is 1. The van der Waals surface area contributed by atoms with Crippen LogP contribution >= 0.6 is 23.6 Å². The fraction of sp³-hybridized carbons (Fsp3) is 0.0714. The number of thiazole rings is 1. The Morgan fingerprint density at radius 3 is 2.80 bits per heavy atom. The van der Waals surface area contributed by atoms with E-state index in [2.05, 4.69) is 15.3 Å². The highest BCUT2D eigenvalue weighted by Gasteiger charge is 2.11. The van der Waals surface area contributed by atoms with E-state index in [0.29, 0.717) is 10.8 Å². The smallest absolute Gasteiger partial charge is 0.188 e. The number of fused-ring (bicyclic) bond motifs is 1. The monoisotopic (exact) mass is 300 g/mol. The molecule has 0 saturated carbocycles. The number of rotatable bonds is 3. The van der Waals surface area contributed by atoms with Crippen molar-refractivity contribution < 1.29 is 0 Å². The van der Waals surface area contributed by atoms with Crippen molar-refractivity contribution in [2.45, 2.75) is 6.92 Å². The van der Waals surface area contributed by atoms with Gasteiger partial charge in [0.25, 0.3) is 0 Å². The minimum atomic E-state index is 0.319. The number of anilines is 2. The normalized spacial score (nSPS) is 10.7. The lowest BCUT2D eigenvalue weighted by Crippen LogP contribution is -2.13. The van der Waals surface area contributed by atoms with E-state index in [9.17, 15) is 0 Å². The summed E-state index contributed by atoms with van der Waals surface area (Å²) in [6.45, 7) is 1.95. The van der Waals surface area contributed by atoms with Crippen LogP contribution in [0.15, 0.2) is 35.7 Å². The molecule has 0 unspecified atom stereocenters. The lowest BCUT2D eigenvalue weighted by molar-refractivity contribution is 1.25. The first-order valence-corrected chi connectivity index (χ1v) is 7.31. The van der Waals surface area contributed by atoms with Crippen molar-refractivity contribution in [1.29, 1.82) is 0 Å². The van der Waals surface area contributed by atoms with E-state index in [1.165, 1.54) is 11.3 Å². The molecule has 4 nitrogen and oxygen atoms in total. The minimum Gasteiger partial charge on any atom is -0.389 e. The predicted molar refractivity (Wildman–Crippen MR) is 87.8 cm³/mol. The van der Waals surface area contributed by atoms with Gasteiger partial charge in [0, 0.05) is 10.8 Å². The fourth-order valence-electron chi connectivity index (χ4n) is 1.91. The van der Waals surface area contributed by atoms with Gasteiger partial charge in [-0.2, -0.15) is 0 Å². The topological polar surface area (TPSA) is 63.8 Å². The molecule has 0 aliphatic rings. The zero-order valence-electron chi connectivity index (χ0n) is 10.8. The quantitative estimate of drug-likeness (QED) is 0.726. The molecular formula is C14H12N4S2. The van der Waals surface area contributed by atoms with E-state index in [0.717, 1.165) is 27.3 Å². The number of nitrogens with zero attached hydrogens (tertiary/aromatic N) is 2. The summed E-state index contributed by atoms with van der Waals surface area (Å²) in [5, 5.41) is 6.96. The lowest BCUT2D eigenvalue weighted by Gasteiger charge is -2.09. The lowest BCUT2D eigenvalue weighted by atomic mass is 10.1. The number of aromatic nitrogens is 2. The third kappa shape index (κ3) is 2.48. The third-order valence-electron chi connectivity index (χ3n) is 2.83. The molecule has 2 aromatic heterocycles. The number of nitrogens with two attached hydrogens (primary N) is 1. The van der Waals surface area contributed by atoms with Crippen molar-refractivity contribution in [2.75, 3.05) is 5.32 Å². The Labute approximate surface area is 125 Å². The molecular weight excluding hydrogens is 288 g/mol. The van der Waals surface area contributed by atoms with Crippen molar-refractivity contribution in [2.24, 2.45) is 5.73 Å². The summed E-state index contributed by atoms with van der Waals surface area (Å²) in [7, 11) is 0. The molecule has 0 atom stereocenters. The maximum atomic E-state index is 5.80. The fourth-order valence-corrected chi connectivity index (χ4v) is 2.75. The second kappa shape index (κ2) is 5.15. The van der Waals surface area contributed by atoms with E-state index in [1.807, 2.05) is 42.6 Å². The summed E-state index contributed by atoms with van der Waals surface area (Å²) in [4.78, 5) is 9.28. The predicted octanol–water partition coefficient (Wildman–Crippen LogP) is 3.38. The van der Waals surface area contributed by atoms with Crippen LogP contribution in [-0.2, 0) is 0 Å². The van der Waals surface area contributed by atoms with Crippen molar-refractivity contribution in [3.05, 3.63) is 47.0 Å². The summed E-state index contributed by atoms with van der Waals surface area (Å²) in [6.07, 6.45) is 0. The van der Waals surface area contributed by atoms with Gasteiger partial charge < -0.3 is 11.1 Å². The molecule has 3 N–H and O–H groups in total. The number of hydrogen-bond donors (Lipinski definition) is 2. The summed E-state index contributed by atoms with van der Waals surface area (Å²) < 4.78 is 0. The van der Waals surface area contributed by atoms with Crippen molar-refractivity contribution in [1.82, 2.24) is 9.97 Å². The molecule has 0 fully saturated rings. The van der Waals surface area contributed by atoms with Crippen molar-refractivity contribution >= 4 is 50.4 Å². The molecule has 3 rings (SSSR count). The van der Waals surface area contributed by atoms with Crippen molar-refractivity contribution in [3.8, 4) is 0 Å². The second-order valence-corrected chi connectivity index (χ2v) is 5.66. The van der Waals surface area contributed by atoms with Gasteiger partial charge in [0.15, 0.2) is 5.13 Å². The van der Waals surface area contributed by atoms with Crippen LogP contribution in [0, 0.1) is 6.92 Å². The molecule has 0 radical (unpaired) electrons. The average molecular weight is 300 g/mol. The van der Waals surface area contributed by atoms with Gasteiger partial charge >= 0.3 is 0 Å². The first kappa shape index (κ1) is 13.0. The Kier molecular flexibility index (Phi) is 3.33. The van der Waals surface area contributed by atoms with Gasteiger partial charge in [-0.05, 0) is 19.1 Å². The summed E-state index contributed by atoms with van der Waals surface area (Å²) in [5.41, 5.74) is 8.39. The highest BCUT2D eigenvalue weighted by molar-refractivity contribution is 7.80. The summed E-state index contributed by atoms with van der Waals surface area (Å²) in [5.74, 6) is 0.644. The van der Waals surface area contributed by atoms with Crippen molar-refractivity contribution in [3.63, 3.8) is 0 Å². The first-order valence-electron chi connectivity index (χ1n) is 6.02. The third-order valence-corrected chi connectivity index (χ3v) is 3.93. The Hall–Kier alpha value is -2.05. The number of benzene rings is 1. The Morgan fingerprint density at radius 1 is 1.30 bits per heavy atom. The first-order chi connectivity index (χ1) is 9.63. The van der Waals surface area contributed by atoms with Gasteiger partial charge in [-0.1, -0.05) is 30.4 Å². The summed E-state index contributed by atoms with van der Waals surface area (Å²) in [6, 6.07) is 9.81. The standard InChI is InChI=1S/C14H12N4S2/c1-8-7-20-14(16-8)18-13-10(12(15)19)6-9-4-2-3-5-11(9)17-13/h2-7H,1H3,(H2,15,19)(H,16,17,18). The number of pyridine rings is 1. The molecule has 0 spiro atoms. The maximum Gasteiger partial charge on any atom is 0.188 e. The molecule has 3 aromatic rings. The minimum absolute atomic E-state index is 0.319. The van der Waals surface area contributed by atoms with Crippen LogP contribution < -0.4 is 11.1 Å². The van der Waals surface area contributed by atoms with Gasteiger partial charge in [-0.3, -0.25) is 0 Å². The molecule has 0 aliphatic heterocycles. The SMILES string of the molecule is Cc1csc(Nc2nc3ccccc3cc2C(N)=S)n1. The zero-order chi connectivity index (χ0) is 14.1. The van der Waals surface area contributed by atoms with Crippen LogP contribution in [0.25, 0.3) is 10.9 Å². The maximum absolute atomic E-state index is 5.80. The van der Waals surface area contributed by atoms with Gasteiger partial charge in [-0.15, -0.1) is 11.3 Å². The molecule has 6 heteroatoms. The number of nitrogens with one attached hydrogen (secondary N) is 1. The van der Waals surface area contributed by atoms with Gasteiger partial charge in [0.2, 0.25) is 0 Å². The molecule has 0 saturated heterocycles. The van der Waals surface area contributed by atoms with Crippen LogP contribution in [0.5, 0.6) is 0 Å². The Morgan fingerprint density at radius 2 is 2.10 bits per heavy atom. The van der Waals surface area contributed by atoms with E-state index in [1.54, 1.807) is 0 Å². The largest absolute Gasteiger partial charge is 0.389 e. The molecule has 1 aromatic carbocycles. The average Bonchev–Trinajstić information content (AvgIpc) is 2.83. The zero-order valence-corrected chi connectivity index (χ0v) is 12.4. The Balaban J connectivity index is 2.11. The molecule has 20 heavy (non-hydrogen) atoms. The Bertz CT molecular complexity index is 795. The van der Waals surface area contributed by atoms with Gasteiger partial charge in [-0.25, -0.2) is 9.97 Å². The van der Waals surface area contributed by atoms with E-state index in [4.69, 9.17) is 18.0 Å². The molecule has 0 aliphatic carbocycles.